The maximum atomic E-state index is 11.8. The van der Waals surface area contributed by atoms with E-state index in [9.17, 15) is 4.79 Å². The highest BCUT2D eigenvalue weighted by atomic mass is 16.1. The zero-order valence-corrected chi connectivity index (χ0v) is 14.4. The van der Waals surface area contributed by atoms with Gasteiger partial charge in [-0.15, -0.1) is 0 Å². The summed E-state index contributed by atoms with van der Waals surface area (Å²) in [6, 6.07) is 5.33. The number of aryl methyl sites for hydroxylation is 2. The summed E-state index contributed by atoms with van der Waals surface area (Å²) >= 11 is 0. The molecular formula is C17H24N6O. The molecule has 3 heterocycles. The SMILES string of the molecule is Cc1ccc(=O)n(CCN2CCN(Cc3ccnc(C)n3)CC2)n1. The molecule has 0 radical (unpaired) electrons. The minimum absolute atomic E-state index is 0.0293. The van der Waals surface area contributed by atoms with E-state index >= 15 is 0 Å². The van der Waals surface area contributed by atoms with Crippen LogP contribution in [0.15, 0.2) is 29.2 Å². The largest absolute Gasteiger partial charge is 0.299 e. The van der Waals surface area contributed by atoms with Crippen molar-refractivity contribution in [2.45, 2.75) is 26.9 Å². The number of hydrogen-bond acceptors (Lipinski definition) is 6. The van der Waals surface area contributed by atoms with Crippen LogP contribution in [0, 0.1) is 13.8 Å². The zero-order valence-electron chi connectivity index (χ0n) is 14.4. The lowest BCUT2D eigenvalue weighted by molar-refractivity contribution is 0.121. The number of nitrogens with zero attached hydrogens (tertiary/aromatic N) is 6. The van der Waals surface area contributed by atoms with Crippen LogP contribution in [-0.2, 0) is 13.1 Å². The Kier molecular flexibility index (Phi) is 5.32. The standard InChI is InChI=1S/C17H24N6O/c1-14-3-4-17(24)23(20-14)12-11-21-7-9-22(10-8-21)13-16-5-6-18-15(2)19-16/h3-6H,7-13H2,1-2H3. The Morgan fingerprint density at radius 1 is 1.00 bits per heavy atom. The summed E-state index contributed by atoms with van der Waals surface area (Å²) in [6.07, 6.45) is 1.82. The summed E-state index contributed by atoms with van der Waals surface area (Å²) in [4.78, 5) is 25.2. The van der Waals surface area contributed by atoms with E-state index in [1.54, 1.807) is 16.8 Å². The molecule has 0 amide bonds. The van der Waals surface area contributed by atoms with Gasteiger partial charge in [0.15, 0.2) is 0 Å². The Morgan fingerprint density at radius 2 is 1.75 bits per heavy atom. The third kappa shape index (κ3) is 4.46. The van der Waals surface area contributed by atoms with E-state index in [1.807, 2.05) is 26.1 Å². The van der Waals surface area contributed by atoms with Crippen LogP contribution in [0.3, 0.4) is 0 Å². The first kappa shape index (κ1) is 16.7. The second kappa shape index (κ2) is 7.63. The molecule has 0 aliphatic carbocycles. The van der Waals surface area contributed by atoms with Crippen LogP contribution >= 0.6 is 0 Å². The molecule has 0 N–H and O–H groups in total. The van der Waals surface area contributed by atoms with Gasteiger partial charge in [0.2, 0.25) is 0 Å². The van der Waals surface area contributed by atoms with Gasteiger partial charge in [-0.3, -0.25) is 14.6 Å². The maximum Gasteiger partial charge on any atom is 0.266 e. The van der Waals surface area contributed by atoms with Crippen molar-refractivity contribution in [2.24, 2.45) is 0 Å². The van der Waals surface area contributed by atoms with E-state index in [2.05, 4.69) is 24.9 Å². The molecule has 0 spiro atoms. The van der Waals surface area contributed by atoms with Crippen LogP contribution in [-0.4, -0.2) is 62.3 Å². The summed E-state index contributed by atoms with van der Waals surface area (Å²) in [5.41, 5.74) is 1.92. The third-order valence-corrected chi connectivity index (χ3v) is 4.31. The lowest BCUT2D eigenvalue weighted by Gasteiger charge is -2.34. The summed E-state index contributed by atoms with van der Waals surface area (Å²) in [5.74, 6) is 0.822. The normalized spacial score (nSPS) is 16.4. The molecule has 0 unspecified atom stereocenters. The fourth-order valence-corrected chi connectivity index (χ4v) is 2.94. The molecule has 0 aromatic carbocycles. The van der Waals surface area contributed by atoms with Crippen LogP contribution in [0.5, 0.6) is 0 Å². The second-order valence-corrected chi connectivity index (χ2v) is 6.25. The molecule has 2 aromatic rings. The smallest absolute Gasteiger partial charge is 0.266 e. The van der Waals surface area contributed by atoms with Crippen molar-refractivity contribution in [3.8, 4) is 0 Å². The molecule has 3 rings (SSSR count). The predicted octanol–water partition coefficient (Wildman–Crippen LogP) is 0.468. The van der Waals surface area contributed by atoms with Crippen molar-refractivity contribution in [3.05, 3.63) is 52.0 Å². The van der Waals surface area contributed by atoms with Gasteiger partial charge in [0.25, 0.3) is 5.56 Å². The van der Waals surface area contributed by atoms with Gasteiger partial charge in [0.1, 0.15) is 5.82 Å². The number of aromatic nitrogens is 4. The van der Waals surface area contributed by atoms with E-state index in [0.717, 1.165) is 56.5 Å². The van der Waals surface area contributed by atoms with Crippen molar-refractivity contribution < 1.29 is 0 Å². The molecule has 24 heavy (non-hydrogen) atoms. The molecule has 0 atom stereocenters. The maximum absolute atomic E-state index is 11.8. The molecule has 7 heteroatoms. The zero-order chi connectivity index (χ0) is 16.9. The van der Waals surface area contributed by atoms with Crippen LogP contribution in [0.4, 0.5) is 0 Å². The van der Waals surface area contributed by atoms with E-state index in [-0.39, 0.29) is 5.56 Å². The van der Waals surface area contributed by atoms with Crippen molar-refractivity contribution in [1.82, 2.24) is 29.5 Å². The van der Waals surface area contributed by atoms with Crippen LogP contribution < -0.4 is 5.56 Å². The van der Waals surface area contributed by atoms with Gasteiger partial charge < -0.3 is 0 Å². The summed E-state index contributed by atoms with van der Waals surface area (Å²) < 4.78 is 1.56. The van der Waals surface area contributed by atoms with Gasteiger partial charge in [-0.2, -0.15) is 5.10 Å². The lowest BCUT2D eigenvalue weighted by Crippen LogP contribution is -2.47. The average Bonchev–Trinajstić information content (AvgIpc) is 2.57. The predicted molar refractivity (Wildman–Crippen MR) is 91.7 cm³/mol. The highest BCUT2D eigenvalue weighted by molar-refractivity contribution is 5.01. The molecule has 1 aliphatic heterocycles. The molecule has 1 aliphatic rings. The van der Waals surface area contributed by atoms with Gasteiger partial charge in [0.05, 0.1) is 17.9 Å². The first-order valence-electron chi connectivity index (χ1n) is 8.38. The van der Waals surface area contributed by atoms with Gasteiger partial charge in [-0.05, 0) is 26.0 Å². The monoisotopic (exact) mass is 328 g/mol. The first-order valence-corrected chi connectivity index (χ1v) is 8.38. The van der Waals surface area contributed by atoms with Crippen LogP contribution in [0.2, 0.25) is 0 Å². The molecule has 1 saturated heterocycles. The highest BCUT2D eigenvalue weighted by Gasteiger charge is 2.17. The molecule has 0 bridgehead atoms. The van der Waals surface area contributed by atoms with Gasteiger partial charge in [0, 0.05) is 51.5 Å². The quantitative estimate of drug-likeness (QED) is 0.795. The Hall–Kier alpha value is -2.12. The fourth-order valence-electron chi connectivity index (χ4n) is 2.94. The van der Waals surface area contributed by atoms with Crippen molar-refractivity contribution in [2.75, 3.05) is 32.7 Å². The van der Waals surface area contributed by atoms with E-state index in [0.29, 0.717) is 6.54 Å². The van der Waals surface area contributed by atoms with Crippen LogP contribution in [0.1, 0.15) is 17.2 Å². The van der Waals surface area contributed by atoms with Crippen molar-refractivity contribution >= 4 is 0 Å². The van der Waals surface area contributed by atoms with Gasteiger partial charge >= 0.3 is 0 Å². The molecule has 0 saturated carbocycles. The summed E-state index contributed by atoms with van der Waals surface area (Å²) in [7, 11) is 0. The second-order valence-electron chi connectivity index (χ2n) is 6.25. The molecule has 1 fully saturated rings. The lowest BCUT2D eigenvalue weighted by atomic mass is 10.3. The van der Waals surface area contributed by atoms with Crippen molar-refractivity contribution in [1.29, 1.82) is 0 Å². The summed E-state index contributed by atoms with van der Waals surface area (Å²) in [6.45, 7) is 10.2. The number of piperazine rings is 1. The average molecular weight is 328 g/mol. The van der Waals surface area contributed by atoms with Crippen molar-refractivity contribution in [3.63, 3.8) is 0 Å². The molecular weight excluding hydrogens is 304 g/mol. The fraction of sp³-hybridized carbons (Fsp3) is 0.529. The Labute approximate surface area is 142 Å². The minimum Gasteiger partial charge on any atom is -0.299 e. The highest BCUT2D eigenvalue weighted by Crippen LogP contribution is 2.06. The van der Waals surface area contributed by atoms with E-state index in [4.69, 9.17) is 0 Å². The Balaban J connectivity index is 1.47. The van der Waals surface area contributed by atoms with Gasteiger partial charge in [-0.1, -0.05) is 0 Å². The first-order chi connectivity index (χ1) is 11.6. The third-order valence-electron chi connectivity index (χ3n) is 4.31. The molecule has 7 nitrogen and oxygen atoms in total. The Bertz CT molecular complexity index is 736. The molecule has 128 valence electrons. The number of hydrogen-bond donors (Lipinski definition) is 0. The minimum atomic E-state index is -0.0293. The van der Waals surface area contributed by atoms with Crippen LogP contribution in [0.25, 0.3) is 0 Å². The summed E-state index contributed by atoms with van der Waals surface area (Å²) in [5, 5.41) is 4.29. The van der Waals surface area contributed by atoms with Gasteiger partial charge in [-0.25, -0.2) is 14.6 Å². The molecule has 2 aromatic heterocycles. The van der Waals surface area contributed by atoms with E-state index < -0.39 is 0 Å². The number of rotatable bonds is 5. The Morgan fingerprint density at radius 3 is 2.50 bits per heavy atom. The van der Waals surface area contributed by atoms with E-state index in [1.165, 1.54) is 0 Å². The topological polar surface area (TPSA) is 67.2 Å².